The molecule has 0 aliphatic carbocycles. The summed E-state index contributed by atoms with van der Waals surface area (Å²) in [7, 11) is 0.628. The highest BCUT2D eigenvalue weighted by molar-refractivity contribution is 9.10. The molecule has 0 atom stereocenters. The molecule has 0 amide bonds. The van der Waals surface area contributed by atoms with E-state index in [-0.39, 0.29) is 0 Å². The average molecular weight is 368 g/mol. The average Bonchev–Trinajstić information content (AvgIpc) is 2.85. The summed E-state index contributed by atoms with van der Waals surface area (Å²) in [6.45, 7) is 4.36. The second kappa shape index (κ2) is 6.47. The Kier molecular flexibility index (Phi) is 4.41. The van der Waals surface area contributed by atoms with Crippen LogP contribution in [0.3, 0.4) is 0 Å². The van der Waals surface area contributed by atoms with Gasteiger partial charge >= 0.3 is 0 Å². The molecule has 1 aromatic carbocycles. The van der Waals surface area contributed by atoms with Crippen molar-refractivity contribution in [1.82, 2.24) is 14.5 Å². The number of halogens is 1. The van der Waals surface area contributed by atoms with Crippen LogP contribution in [0.2, 0.25) is 5.54 Å². The molecule has 0 N–H and O–H groups in total. The van der Waals surface area contributed by atoms with Crippen LogP contribution in [0.4, 0.5) is 0 Å². The molecule has 2 radical (unpaired) electrons. The monoisotopic (exact) mass is 367 g/mol. The Morgan fingerprint density at radius 1 is 1.18 bits per heavy atom. The Bertz CT molecular complexity index is 860. The first kappa shape index (κ1) is 15.0. The van der Waals surface area contributed by atoms with Gasteiger partial charge in [-0.25, -0.2) is 9.97 Å². The third kappa shape index (κ3) is 3.13. The maximum atomic E-state index is 4.37. The van der Waals surface area contributed by atoms with Gasteiger partial charge in [-0.15, -0.1) is 5.54 Å². The van der Waals surface area contributed by atoms with Crippen molar-refractivity contribution >= 4 is 36.4 Å². The van der Waals surface area contributed by atoms with Crippen molar-refractivity contribution in [3.63, 3.8) is 0 Å². The zero-order valence-electron chi connectivity index (χ0n) is 12.3. The molecule has 22 heavy (non-hydrogen) atoms. The lowest BCUT2D eigenvalue weighted by Gasteiger charge is -2.05. The first-order valence-electron chi connectivity index (χ1n) is 7.00. The molecule has 5 heteroatoms. The van der Waals surface area contributed by atoms with Crippen LogP contribution >= 0.6 is 15.9 Å². The van der Waals surface area contributed by atoms with Gasteiger partial charge in [0, 0.05) is 22.3 Å². The Balaban J connectivity index is 2.19. The SMILES string of the molecule is CC(C)[Si]C#Cc1cc2cc(Br)ccc2n1-c1ncccn1. The fraction of sp³-hybridized carbons (Fsp3) is 0.176. The third-order valence-corrected chi connectivity index (χ3v) is 4.41. The normalized spacial score (nSPS) is 10.7. The van der Waals surface area contributed by atoms with E-state index in [4.69, 9.17) is 0 Å². The fourth-order valence-corrected chi connectivity index (χ4v) is 3.01. The number of nitrogens with zero attached hydrogens (tertiary/aromatic N) is 3. The number of rotatable bonds is 2. The number of fused-ring (bicyclic) bond motifs is 1. The quantitative estimate of drug-likeness (QED) is 0.505. The molecule has 0 spiro atoms. The van der Waals surface area contributed by atoms with Crippen LogP contribution in [-0.2, 0) is 0 Å². The van der Waals surface area contributed by atoms with Crippen LogP contribution in [0.1, 0.15) is 19.5 Å². The van der Waals surface area contributed by atoms with Gasteiger partial charge in [-0.05, 0) is 35.9 Å². The summed E-state index contributed by atoms with van der Waals surface area (Å²) in [6, 6.07) is 10.1. The van der Waals surface area contributed by atoms with Gasteiger partial charge in [0.05, 0.1) is 11.2 Å². The molecule has 2 heterocycles. The number of aromatic nitrogens is 3. The molecule has 0 aliphatic rings. The minimum absolute atomic E-state index is 0.590. The highest BCUT2D eigenvalue weighted by atomic mass is 79.9. The van der Waals surface area contributed by atoms with E-state index in [0.29, 0.717) is 21.0 Å². The minimum Gasteiger partial charge on any atom is -0.271 e. The largest absolute Gasteiger partial charge is 0.271 e. The molecule has 0 unspecified atom stereocenters. The topological polar surface area (TPSA) is 30.7 Å². The predicted molar refractivity (Wildman–Crippen MR) is 94.3 cm³/mol. The van der Waals surface area contributed by atoms with E-state index in [2.05, 4.69) is 69.4 Å². The second-order valence-electron chi connectivity index (χ2n) is 5.17. The van der Waals surface area contributed by atoms with Gasteiger partial charge in [0.15, 0.2) is 9.52 Å². The summed E-state index contributed by atoms with van der Waals surface area (Å²) in [6.07, 6.45) is 3.50. The zero-order valence-corrected chi connectivity index (χ0v) is 14.9. The summed E-state index contributed by atoms with van der Waals surface area (Å²) in [5.74, 6) is 3.93. The summed E-state index contributed by atoms with van der Waals surface area (Å²) in [5, 5.41) is 1.12. The van der Waals surface area contributed by atoms with Crippen molar-refractivity contribution in [3.05, 3.63) is 52.9 Å². The lowest BCUT2D eigenvalue weighted by molar-refractivity contribution is 0.951. The lowest BCUT2D eigenvalue weighted by atomic mass is 10.2. The Morgan fingerprint density at radius 2 is 1.95 bits per heavy atom. The summed E-state index contributed by atoms with van der Waals surface area (Å²) < 4.78 is 3.06. The molecule has 0 saturated carbocycles. The Morgan fingerprint density at radius 3 is 2.68 bits per heavy atom. The van der Waals surface area contributed by atoms with Gasteiger partial charge in [0.1, 0.15) is 0 Å². The first-order valence-corrected chi connectivity index (χ1v) is 8.87. The molecular formula is C17H14BrN3Si. The van der Waals surface area contributed by atoms with Crippen LogP contribution in [0.5, 0.6) is 0 Å². The zero-order chi connectivity index (χ0) is 15.5. The van der Waals surface area contributed by atoms with Crippen LogP contribution in [-0.4, -0.2) is 24.1 Å². The fourth-order valence-electron chi connectivity index (χ4n) is 2.14. The van der Waals surface area contributed by atoms with Crippen LogP contribution in [0.15, 0.2) is 47.2 Å². The lowest BCUT2D eigenvalue weighted by Crippen LogP contribution is -2.02. The number of hydrogen-bond acceptors (Lipinski definition) is 2. The third-order valence-electron chi connectivity index (χ3n) is 3.07. The molecule has 3 aromatic rings. The van der Waals surface area contributed by atoms with Crippen LogP contribution < -0.4 is 0 Å². The maximum absolute atomic E-state index is 4.37. The number of hydrogen-bond donors (Lipinski definition) is 0. The van der Waals surface area contributed by atoms with E-state index in [9.17, 15) is 0 Å². The Labute approximate surface area is 140 Å². The van der Waals surface area contributed by atoms with E-state index in [1.807, 2.05) is 16.7 Å². The standard InChI is InChI=1S/C17H14BrN3Si/c1-12(2)22-9-6-15-11-13-10-14(18)4-5-16(13)21(15)17-19-7-3-8-20-17/h3-5,7-8,10-12H,1-2H3. The van der Waals surface area contributed by atoms with E-state index < -0.39 is 0 Å². The minimum atomic E-state index is 0.590. The van der Waals surface area contributed by atoms with Crippen molar-refractivity contribution in [1.29, 1.82) is 0 Å². The van der Waals surface area contributed by atoms with E-state index in [0.717, 1.165) is 21.1 Å². The molecule has 3 rings (SSSR count). The van der Waals surface area contributed by atoms with Gasteiger partial charge in [-0.3, -0.25) is 4.57 Å². The van der Waals surface area contributed by atoms with Gasteiger partial charge < -0.3 is 0 Å². The molecule has 3 nitrogen and oxygen atoms in total. The maximum Gasteiger partial charge on any atom is 0.235 e. The summed E-state index contributed by atoms with van der Waals surface area (Å²) in [5.41, 5.74) is 5.85. The van der Waals surface area contributed by atoms with Crippen molar-refractivity contribution < 1.29 is 0 Å². The van der Waals surface area contributed by atoms with Crippen molar-refractivity contribution in [3.8, 4) is 17.4 Å². The molecule has 0 saturated heterocycles. The van der Waals surface area contributed by atoms with Gasteiger partial charge in [-0.1, -0.05) is 35.7 Å². The summed E-state index contributed by atoms with van der Waals surface area (Å²) >= 11 is 3.52. The first-order chi connectivity index (χ1) is 10.6. The van der Waals surface area contributed by atoms with Gasteiger partial charge in [0.25, 0.3) is 0 Å². The smallest absolute Gasteiger partial charge is 0.235 e. The molecule has 0 fully saturated rings. The Hall–Kier alpha value is -1.90. The van der Waals surface area contributed by atoms with Gasteiger partial charge in [0.2, 0.25) is 5.95 Å². The molecule has 108 valence electrons. The van der Waals surface area contributed by atoms with Crippen LogP contribution in [0.25, 0.3) is 16.9 Å². The van der Waals surface area contributed by atoms with Crippen molar-refractivity contribution in [2.75, 3.05) is 0 Å². The van der Waals surface area contributed by atoms with Crippen LogP contribution in [0, 0.1) is 11.5 Å². The predicted octanol–water partition coefficient (Wildman–Crippen LogP) is 4.02. The van der Waals surface area contributed by atoms with Crippen molar-refractivity contribution in [2.24, 2.45) is 0 Å². The molecular weight excluding hydrogens is 354 g/mol. The van der Waals surface area contributed by atoms with Gasteiger partial charge in [-0.2, -0.15) is 0 Å². The van der Waals surface area contributed by atoms with E-state index >= 15 is 0 Å². The molecule has 0 bridgehead atoms. The highest BCUT2D eigenvalue weighted by Gasteiger charge is 2.11. The summed E-state index contributed by atoms with van der Waals surface area (Å²) in [4.78, 5) is 8.74. The van der Waals surface area contributed by atoms with E-state index in [1.54, 1.807) is 12.4 Å². The highest BCUT2D eigenvalue weighted by Crippen LogP contribution is 2.25. The molecule has 0 aliphatic heterocycles. The van der Waals surface area contributed by atoms with E-state index in [1.165, 1.54) is 0 Å². The second-order valence-corrected chi connectivity index (χ2v) is 7.78. The number of benzene rings is 1. The van der Waals surface area contributed by atoms with Crippen molar-refractivity contribution in [2.45, 2.75) is 19.4 Å². The molecule has 2 aromatic heterocycles.